The van der Waals surface area contributed by atoms with Gasteiger partial charge in [-0.25, -0.2) is 14.0 Å². The van der Waals surface area contributed by atoms with Crippen molar-refractivity contribution in [2.24, 2.45) is 0 Å². The van der Waals surface area contributed by atoms with Crippen LogP contribution in [0.15, 0.2) is 25.3 Å². The van der Waals surface area contributed by atoms with E-state index in [1.54, 1.807) is 0 Å². The number of carbonyl (C=O) groups excluding carboxylic acids is 2. The van der Waals surface area contributed by atoms with Gasteiger partial charge in [0.25, 0.3) is 0 Å². The quantitative estimate of drug-likeness (QED) is 0.378. The lowest BCUT2D eigenvalue weighted by atomic mass is 10.0. The van der Waals surface area contributed by atoms with Crippen molar-refractivity contribution in [1.29, 1.82) is 0 Å². The Hall–Kier alpha value is -1.65. The average Bonchev–Trinajstić information content (AvgIpc) is 2.31. The molecule has 0 amide bonds. The van der Waals surface area contributed by atoms with Gasteiger partial charge in [-0.2, -0.15) is 0 Å². The summed E-state index contributed by atoms with van der Waals surface area (Å²) in [5.41, 5.74) is -2.76. The van der Waals surface area contributed by atoms with Crippen molar-refractivity contribution < 1.29 is 23.5 Å². The van der Waals surface area contributed by atoms with Gasteiger partial charge in [-0.05, 0) is 0 Å². The average molecular weight is 230 g/mol. The molecule has 0 bridgehead atoms. The zero-order valence-electron chi connectivity index (χ0n) is 9.20. The Morgan fingerprint density at radius 1 is 1.19 bits per heavy atom. The van der Waals surface area contributed by atoms with E-state index in [-0.39, 0.29) is 19.6 Å². The second-order valence-corrected chi connectivity index (χ2v) is 2.93. The highest BCUT2D eigenvalue weighted by molar-refractivity contribution is 6.03. The Bertz CT molecular complexity index is 262. The molecule has 0 spiro atoms. The number of esters is 2. The summed E-state index contributed by atoms with van der Waals surface area (Å²) < 4.78 is 22.9. The summed E-state index contributed by atoms with van der Waals surface area (Å²) in [6.07, 6.45) is 2.21. The Kier molecular flexibility index (Phi) is 6.07. The molecule has 16 heavy (non-hydrogen) atoms. The topological polar surface area (TPSA) is 52.6 Å². The summed E-state index contributed by atoms with van der Waals surface area (Å²) >= 11 is 0. The molecule has 4 nitrogen and oxygen atoms in total. The van der Waals surface area contributed by atoms with E-state index in [0.717, 1.165) is 0 Å². The minimum absolute atomic E-state index is 0.154. The minimum Gasteiger partial charge on any atom is -0.459 e. The molecule has 0 unspecified atom stereocenters. The van der Waals surface area contributed by atoms with E-state index < -0.39 is 17.6 Å². The van der Waals surface area contributed by atoms with Crippen LogP contribution in [0.4, 0.5) is 4.39 Å². The van der Waals surface area contributed by atoms with E-state index >= 15 is 0 Å². The second kappa shape index (κ2) is 6.76. The zero-order valence-corrected chi connectivity index (χ0v) is 9.20. The normalized spacial score (nSPS) is 10.4. The Morgan fingerprint density at radius 3 is 1.81 bits per heavy atom. The van der Waals surface area contributed by atoms with Gasteiger partial charge in [0, 0.05) is 6.42 Å². The van der Waals surface area contributed by atoms with Crippen LogP contribution in [0.3, 0.4) is 0 Å². The summed E-state index contributed by atoms with van der Waals surface area (Å²) in [6, 6.07) is 0. The molecule has 0 aliphatic heterocycles. The third kappa shape index (κ3) is 3.49. The maximum atomic E-state index is 13.9. The van der Waals surface area contributed by atoms with Crippen molar-refractivity contribution in [3.05, 3.63) is 25.3 Å². The number of hydrogen-bond donors (Lipinski definition) is 0. The van der Waals surface area contributed by atoms with Crippen LogP contribution in [-0.4, -0.2) is 30.8 Å². The predicted octanol–water partition coefficient (Wildman–Crippen LogP) is 1.56. The first-order valence-corrected chi connectivity index (χ1v) is 4.78. The van der Waals surface area contributed by atoms with E-state index in [9.17, 15) is 14.0 Å². The summed E-state index contributed by atoms with van der Waals surface area (Å²) in [6.45, 7) is 7.66. The third-order valence-corrected chi connectivity index (χ3v) is 1.80. The lowest BCUT2D eigenvalue weighted by Gasteiger charge is -2.19. The van der Waals surface area contributed by atoms with Crippen LogP contribution in [0, 0.1) is 0 Å². The van der Waals surface area contributed by atoms with Crippen LogP contribution in [-0.2, 0) is 19.1 Å². The van der Waals surface area contributed by atoms with Crippen LogP contribution in [0.1, 0.15) is 13.3 Å². The van der Waals surface area contributed by atoms with Crippen molar-refractivity contribution in [2.75, 3.05) is 13.2 Å². The monoisotopic (exact) mass is 230 g/mol. The number of rotatable bonds is 7. The second-order valence-electron chi connectivity index (χ2n) is 2.93. The van der Waals surface area contributed by atoms with E-state index in [0.29, 0.717) is 0 Å². The summed E-state index contributed by atoms with van der Waals surface area (Å²) in [7, 11) is 0. The lowest BCUT2D eigenvalue weighted by Crippen LogP contribution is -2.44. The number of carbonyl (C=O) groups is 2. The summed E-state index contributed by atoms with van der Waals surface area (Å²) in [5.74, 6) is -2.52. The molecule has 0 aromatic heterocycles. The SMILES string of the molecule is C=CCOC(=O)C(F)(CC)C(=O)OCC=C. The molecule has 0 fully saturated rings. The third-order valence-electron chi connectivity index (χ3n) is 1.80. The smallest absolute Gasteiger partial charge is 0.356 e. The van der Waals surface area contributed by atoms with E-state index in [1.807, 2.05) is 0 Å². The van der Waals surface area contributed by atoms with Crippen molar-refractivity contribution in [3.8, 4) is 0 Å². The van der Waals surface area contributed by atoms with Crippen LogP contribution >= 0.6 is 0 Å². The predicted molar refractivity (Wildman–Crippen MR) is 56.4 cm³/mol. The fraction of sp³-hybridized carbons (Fsp3) is 0.455. The van der Waals surface area contributed by atoms with Gasteiger partial charge >= 0.3 is 17.6 Å². The van der Waals surface area contributed by atoms with E-state index in [2.05, 4.69) is 22.6 Å². The standard InChI is InChI=1S/C11H15FO4/c1-4-7-15-9(13)11(12,6-3)10(14)16-8-5-2/h4-5H,1-2,6-8H2,3H3. The van der Waals surface area contributed by atoms with Crippen LogP contribution < -0.4 is 0 Å². The van der Waals surface area contributed by atoms with Gasteiger partial charge in [-0.1, -0.05) is 32.2 Å². The van der Waals surface area contributed by atoms with Crippen molar-refractivity contribution >= 4 is 11.9 Å². The number of ether oxygens (including phenoxy) is 2. The Morgan fingerprint density at radius 2 is 1.56 bits per heavy atom. The van der Waals surface area contributed by atoms with Gasteiger partial charge in [-0.3, -0.25) is 0 Å². The first-order chi connectivity index (χ1) is 7.52. The Labute approximate surface area is 93.7 Å². The molecule has 0 saturated heterocycles. The summed E-state index contributed by atoms with van der Waals surface area (Å²) in [4.78, 5) is 22.6. The van der Waals surface area contributed by atoms with E-state index in [4.69, 9.17) is 0 Å². The van der Waals surface area contributed by atoms with E-state index in [1.165, 1.54) is 19.1 Å². The van der Waals surface area contributed by atoms with Gasteiger partial charge in [0.05, 0.1) is 0 Å². The molecular formula is C11H15FO4. The zero-order chi connectivity index (χ0) is 12.6. The first-order valence-electron chi connectivity index (χ1n) is 4.78. The maximum Gasteiger partial charge on any atom is 0.356 e. The number of hydrogen-bond acceptors (Lipinski definition) is 4. The molecule has 5 heteroatoms. The number of alkyl halides is 1. The highest BCUT2D eigenvalue weighted by Crippen LogP contribution is 2.20. The fourth-order valence-electron chi connectivity index (χ4n) is 0.870. The molecule has 0 heterocycles. The van der Waals surface area contributed by atoms with Crippen molar-refractivity contribution in [1.82, 2.24) is 0 Å². The van der Waals surface area contributed by atoms with Gasteiger partial charge in [-0.15, -0.1) is 0 Å². The molecule has 0 rings (SSSR count). The molecule has 0 radical (unpaired) electrons. The maximum absolute atomic E-state index is 13.9. The van der Waals surface area contributed by atoms with Crippen LogP contribution in [0.25, 0.3) is 0 Å². The van der Waals surface area contributed by atoms with Gasteiger partial charge < -0.3 is 9.47 Å². The van der Waals surface area contributed by atoms with Crippen molar-refractivity contribution in [2.45, 2.75) is 19.0 Å². The van der Waals surface area contributed by atoms with Crippen LogP contribution in [0.5, 0.6) is 0 Å². The highest BCUT2D eigenvalue weighted by atomic mass is 19.1. The number of halogens is 1. The molecule has 0 aromatic rings. The largest absolute Gasteiger partial charge is 0.459 e. The highest BCUT2D eigenvalue weighted by Gasteiger charge is 2.48. The first kappa shape index (κ1) is 14.3. The molecule has 0 N–H and O–H groups in total. The lowest BCUT2D eigenvalue weighted by molar-refractivity contribution is -0.173. The molecule has 0 aliphatic rings. The molecule has 0 atom stereocenters. The summed E-state index contributed by atoms with van der Waals surface area (Å²) in [5, 5.41) is 0. The van der Waals surface area contributed by atoms with Gasteiger partial charge in [0.2, 0.25) is 0 Å². The molecule has 90 valence electrons. The molecule has 0 aromatic carbocycles. The Balaban J connectivity index is 4.60. The van der Waals surface area contributed by atoms with Gasteiger partial charge in [0.15, 0.2) is 0 Å². The fourth-order valence-corrected chi connectivity index (χ4v) is 0.870. The van der Waals surface area contributed by atoms with Gasteiger partial charge in [0.1, 0.15) is 13.2 Å². The molecule has 0 aliphatic carbocycles. The van der Waals surface area contributed by atoms with Crippen molar-refractivity contribution in [3.63, 3.8) is 0 Å². The molecular weight excluding hydrogens is 215 g/mol. The minimum atomic E-state index is -2.76. The molecule has 0 saturated carbocycles. The van der Waals surface area contributed by atoms with Crippen LogP contribution in [0.2, 0.25) is 0 Å².